The van der Waals surface area contributed by atoms with Gasteiger partial charge in [-0.1, -0.05) is 0 Å². The van der Waals surface area contributed by atoms with Gasteiger partial charge in [0.05, 0.1) is 6.10 Å². The number of rotatable bonds is 0. The van der Waals surface area contributed by atoms with E-state index in [4.69, 9.17) is 20.7 Å². The molecule has 7 heteroatoms. The Labute approximate surface area is 78.5 Å². The molecule has 4 nitrogen and oxygen atoms in total. The number of carbonyl (C=O) groups is 1. The first-order chi connectivity index (χ1) is 6.25. The number of aliphatic carboxylic acids is 1. The lowest BCUT2D eigenvalue weighted by atomic mass is 10.2. The van der Waals surface area contributed by atoms with Gasteiger partial charge < -0.3 is 15.9 Å². The maximum atomic E-state index is 10.6. The van der Waals surface area contributed by atoms with E-state index in [1.807, 2.05) is 0 Å². The van der Waals surface area contributed by atoms with Gasteiger partial charge in [-0.15, -0.1) is 0 Å². The van der Waals surface area contributed by atoms with Gasteiger partial charge in [0.15, 0.2) is 0 Å². The normalized spacial score (nSPS) is 26.6. The highest BCUT2D eigenvalue weighted by atomic mass is 19.4. The van der Waals surface area contributed by atoms with E-state index >= 15 is 0 Å². The average molecular weight is 215 g/mol. The van der Waals surface area contributed by atoms with Crippen LogP contribution < -0.4 is 5.73 Å². The molecule has 0 aliphatic heterocycles. The highest BCUT2D eigenvalue weighted by Gasteiger charge is 2.38. The van der Waals surface area contributed by atoms with Crippen LogP contribution in [0.1, 0.15) is 19.3 Å². The molecule has 0 aromatic heterocycles. The van der Waals surface area contributed by atoms with Crippen LogP contribution in [-0.4, -0.2) is 34.5 Å². The highest BCUT2D eigenvalue weighted by molar-refractivity contribution is 5.73. The zero-order chi connectivity index (χ0) is 11.4. The Bertz CT molecular complexity index is 187. The first kappa shape index (κ1) is 13.2. The average Bonchev–Trinajstić information content (AvgIpc) is 2.35. The quantitative estimate of drug-likeness (QED) is 0.549. The Morgan fingerprint density at radius 3 is 1.86 bits per heavy atom. The third-order valence-corrected chi connectivity index (χ3v) is 1.77. The molecule has 4 N–H and O–H groups in total. The Balaban J connectivity index is 0.000000241. The zero-order valence-electron chi connectivity index (χ0n) is 7.29. The van der Waals surface area contributed by atoms with Gasteiger partial charge >= 0.3 is 12.1 Å². The number of alkyl halides is 3. The van der Waals surface area contributed by atoms with Gasteiger partial charge in [0.2, 0.25) is 0 Å². The summed E-state index contributed by atoms with van der Waals surface area (Å²) in [6.45, 7) is 0. The molecular weight excluding hydrogens is 203 g/mol. The second-order valence-electron chi connectivity index (χ2n) is 2.97. The molecule has 1 rings (SSSR count). The van der Waals surface area contributed by atoms with E-state index in [0.717, 1.165) is 19.3 Å². The summed E-state index contributed by atoms with van der Waals surface area (Å²) in [5, 5.41) is 16.0. The summed E-state index contributed by atoms with van der Waals surface area (Å²) in [5.41, 5.74) is 5.43. The number of carboxylic acids is 1. The predicted molar refractivity (Wildman–Crippen MR) is 41.5 cm³/mol. The number of hydrogen-bond donors (Lipinski definition) is 3. The molecule has 0 radical (unpaired) electrons. The number of aliphatic hydroxyl groups is 1. The van der Waals surface area contributed by atoms with Gasteiger partial charge in [0.25, 0.3) is 0 Å². The molecule has 0 aromatic carbocycles. The molecule has 0 saturated heterocycles. The molecule has 1 aliphatic rings. The molecule has 84 valence electrons. The van der Waals surface area contributed by atoms with Gasteiger partial charge in [-0.25, -0.2) is 4.79 Å². The van der Waals surface area contributed by atoms with E-state index in [1.165, 1.54) is 0 Å². The minimum atomic E-state index is -5.08. The largest absolute Gasteiger partial charge is 0.490 e. The van der Waals surface area contributed by atoms with Crippen LogP contribution in [-0.2, 0) is 4.79 Å². The lowest BCUT2D eigenvalue weighted by Gasteiger charge is -2.04. The first-order valence-corrected chi connectivity index (χ1v) is 3.99. The van der Waals surface area contributed by atoms with Crippen LogP contribution in [0.4, 0.5) is 13.2 Å². The van der Waals surface area contributed by atoms with Crippen molar-refractivity contribution in [2.45, 2.75) is 37.6 Å². The summed E-state index contributed by atoms with van der Waals surface area (Å²) in [7, 11) is 0. The standard InChI is InChI=1S/C5H11NO.C2HF3O2/c6-4-2-1-3-5(4)7;3-2(4,5)1(6)7/h4-5,7H,1-3,6H2;(H,6,7). The lowest BCUT2D eigenvalue weighted by molar-refractivity contribution is -0.192. The van der Waals surface area contributed by atoms with Crippen molar-refractivity contribution in [2.75, 3.05) is 0 Å². The Kier molecular flexibility index (Phi) is 4.86. The summed E-state index contributed by atoms with van der Waals surface area (Å²) >= 11 is 0. The van der Waals surface area contributed by atoms with Crippen LogP contribution in [0, 0.1) is 0 Å². The van der Waals surface area contributed by atoms with Crippen molar-refractivity contribution in [3.63, 3.8) is 0 Å². The fraction of sp³-hybridized carbons (Fsp3) is 0.857. The molecule has 0 amide bonds. The molecule has 1 aliphatic carbocycles. The molecular formula is C7H12F3NO3. The summed E-state index contributed by atoms with van der Waals surface area (Å²) < 4.78 is 31.7. The van der Waals surface area contributed by atoms with Gasteiger partial charge in [-0.2, -0.15) is 13.2 Å². The van der Waals surface area contributed by atoms with Crippen LogP contribution in [0.5, 0.6) is 0 Å². The number of aliphatic hydroxyl groups excluding tert-OH is 1. The van der Waals surface area contributed by atoms with E-state index in [9.17, 15) is 13.2 Å². The van der Waals surface area contributed by atoms with Gasteiger partial charge in [-0.05, 0) is 19.3 Å². The number of halogens is 3. The Morgan fingerprint density at radius 2 is 1.79 bits per heavy atom. The highest BCUT2D eigenvalue weighted by Crippen LogP contribution is 2.15. The molecule has 1 fully saturated rings. The van der Waals surface area contributed by atoms with Gasteiger partial charge in [0, 0.05) is 6.04 Å². The topological polar surface area (TPSA) is 83.5 Å². The molecule has 0 spiro atoms. The Morgan fingerprint density at radius 1 is 1.36 bits per heavy atom. The van der Waals surface area contributed by atoms with E-state index < -0.39 is 12.1 Å². The fourth-order valence-electron chi connectivity index (χ4n) is 0.969. The third kappa shape index (κ3) is 5.03. The fourth-order valence-corrected chi connectivity index (χ4v) is 0.969. The van der Waals surface area contributed by atoms with Crippen LogP contribution in [0.15, 0.2) is 0 Å². The molecule has 0 aromatic rings. The second-order valence-corrected chi connectivity index (χ2v) is 2.97. The molecule has 2 atom stereocenters. The summed E-state index contributed by atoms with van der Waals surface area (Å²) in [4.78, 5) is 8.90. The van der Waals surface area contributed by atoms with E-state index in [1.54, 1.807) is 0 Å². The number of nitrogens with two attached hydrogens (primary N) is 1. The zero-order valence-corrected chi connectivity index (χ0v) is 7.29. The van der Waals surface area contributed by atoms with Crippen LogP contribution >= 0.6 is 0 Å². The van der Waals surface area contributed by atoms with Crippen LogP contribution in [0.2, 0.25) is 0 Å². The SMILES string of the molecule is NC1CCCC1O.O=C(O)C(F)(F)F. The van der Waals surface area contributed by atoms with E-state index in [-0.39, 0.29) is 12.1 Å². The molecule has 2 unspecified atom stereocenters. The lowest BCUT2D eigenvalue weighted by Crippen LogP contribution is -2.28. The van der Waals surface area contributed by atoms with E-state index in [0.29, 0.717) is 0 Å². The Hall–Kier alpha value is -0.820. The van der Waals surface area contributed by atoms with Crippen LogP contribution in [0.3, 0.4) is 0 Å². The molecule has 14 heavy (non-hydrogen) atoms. The third-order valence-electron chi connectivity index (χ3n) is 1.77. The maximum absolute atomic E-state index is 10.6. The summed E-state index contributed by atoms with van der Waals surface area (Å²) in [5.74, 6) is -2.76. The summed E-state index contributed by atoms with van der Waals surface area (Å²) in [6.07, 6.45) is -2.29. The monoisotopic (exact) mass is 215 g/mol. The van der Waals surface area contributed by atoms with Crippen molar-refractivity contribution in [3.05, 3.63) is 0 Å². The smallest absolute Gasteiger partial charge is 0.475 e. The van der Waals surface area contributed by atoms with Crippen molar-refractivity contribution < 1.29 is 28.2 Å². The minimum absolute atomic E-state index is 0.0694. The van der Waals surface area contributed by atoms with Crippen molar-refractivity contribution >= 4 is 5.97 Å². The summed E-state index contributed by atoms with van der Waals surface area (Å²) in [6, 6.07) is 0.0694. The van der Waals surface area contributed by atoms with Crippen molar-refractivity contribution in [1.82, 2.24) is 0 Å². The second kappa shape index (κ2) is 5.16. The van der Waals surface area contributed by atoms with Gasteiger partial charge in [-0.3, -0.25) is 0 Å². The van der Waals surface area contributed by atoms with Crippen LogP contribution in [0.25, 0.3) is 0 Å². The number of hydrogen-bond acceptors (Lipinski definition) is 3. The minimum Gasteiger partial charge on any atom is -0.475 e. The van der Waals surface area contributed by atoms with Crippen molar-refractivity contribution in [3.8, 4) is 0 Å². The molecule has 0 bridgehead atoms. The predicted octanol–water partition coefficient (Wildman–Crippen LogP) is 0.492. The van der Waals surface area contributed by atoms with Crippen molar-refractivity contribution in [1.29, 1.82) is 0 Å². The number of carboxylic acid groups (broad SMARTS) is 1. The first-order valence-electron chi connectivity index (χ1n) is 3.99. The molecule has 0 heterocycles. The maximum Gasteiger partial charge on any atom is 0.490 e. The van der Waals surface area contributed by atoms with Crippen molar-refractivity contribution in [2.24, 2.45) is 5.73 Å². The van der Waals surface area contributed by atoms with E-state index in [2.05, 4.69) is 0 Å². The molecule has 1 saturated carbocycles. The van der Waals surface area contributed by atoms with Gasteiger partial charge in [0.1, 0.15) is 0 Å².